The fourth-order valence-electron chi connectivity index (χ4n) is 1.54. The minimum absolute atomic E-state index is 0.111. The van der Waals surface area contributed by atoms with Crippen molar-refractivity contribution in [3.63, 3.8) is 0 Å². The van der Waals surface area contributed by atoms with E-state index in [0.717, 1.165) is 0 Å². The van der Waals surface area contributed by atoms with Crippen LogP contribution >= 0.6 is 0 Å². The van der Waals surface area contributed by atoms with Crippen LogP contribution in [0.3, 0.4) is 0 Å². The summed E-state index contributed by atoms with van der Waals surface area (Å²) >= 11 is 0. The highest BCUT2D eigenvalue weighted by molar-refractivity contribution is 6.03. The van der Waals surface area contributed by atoms with Crippen LogP contribution in [0.15, 0.2) is 0 Å². The molecule has 0 radical (unpaired) electrons. The molecular weight excluding hydrogens is 132 g/mol. The van der Waals surface area contributed by atoms with Crippen LogP contribution in [0.4, 0.5) is 0 Å². The summed E-state index contributed by atoms with van der Waals surface area (Å²) in [4.78, 5) is 21.8. The molecule has 4 nitrogen and oxygen atoms in total. The molecule has 0 unspecified atom stereocenters. The smallest absolute Gasteiger partial charge is 0.233 e. The van der Waals surface area contributed by atoms with Gasteiger partial charge in [0, 0.05) is 19.0 Å². The largest absolute Gasteiger partial charge is 0.355 e. The molecule has 2 aliphatic heterocycles. The number of nitrogens with one attached hydrogen (secondary N) is 2. The van der Waals surface area contributed by atoms with E-state index in [1.165, 1.54) is 0 Å². The van der Waals surface area contributed by atoms with Crippen LogP contribution in [0.1, 0.15) is 0 Å². The molecule has 0 atom stereocenters. The standard InChI is InChI=1S/C6H8N2O2/c9-5-4-3(1-7-5)2-8-6(4)10/h3-4H,1-2H2,(H,7,9)(H,8,10). The third kappa shape index (κ3) is 0.558. The Labute approximate surface area is 58.0 Å². The van der Waals surface area contributed by atoms with Crippen molar-refractivity contribution in [1.29, 1.82) is 0 Å². The van der Waals surface area contributed by atoms with Gasteiger partial charge in [-0.25, -0.2) is 0 Å². The van der Waals surface area contributed by atoms with Crippen molar-refractivity contribution >= 4 is 11.8 Å². The summed E-state index contributed by atoms with van der Waals surface area (Å²) in [6.45, 7) is 1.31. The molecule has 2 amide bonds. The van der Waals surface area contributed by atoms with Gasteiger partial charge in [-0.1, -0.05) is 0 Å². The zero-order valence-electron chi connectivity index (χ0n) is 5.39. The average Bonchev–Trinajstić information content (AvgIpc) is 2.40. The molecule has 0 aromatic heterocycles. The van der Waals surface area contributed by atoms with Crippen molar-refractivity contribution in [1.82, 2.24) is 10.6 Å². The first-order chi connectivity index (χ1) is 4.79. The molecule has 54 valence electrons. The lowest BCUT2D eigenvalue weighted by molar-refractivity contribution is -0.131. The molecule has 0 spiro atoms. The van der Waals surface area contributed by atoms with Crippen molar-refractivity contribution in [3.8, 4) is 0 Å². The van der Waals surface area contributed by atoms with E-state index in [1.807, 2.05) is 0 Å². The van der Waals surface area contributed by atoms with Gasteiger partial charge in [-0.3, -0.25) is 9.59 Å². The Morgan fingerprint density at radius 2 is 1.60 bits per heavy atom. The van der Waals surface area contributed by atoms with Crippen LogP contribution in [0, 0.1) is 11.8 Å². The van der Waals surface area contributed by atoms with E-state index >= 15 is 0 Å². The highest BCUT2D eigenvalue weighted by Gasteiger charge is 2.44. The molecular formula is C6H8N2O2. The van der Waals surface area contributed by atoms with E-state index in [4.69, 9.17) is 0 Å². The molecule has 0 aliphatic carbocycles. The summed E-state index contributed by atoms with van der Waals surface area (Å²) in [5.74, 6) is -0.403. The molecule has 0 bridgehead atoms. The molecule has 0 aromatic rings. The molecule has 0 aromatic carbocycles. The van der Waals surface area contributed by atoms with Crippen molar-refractivity contribution in [2.45, 2.75) is 0 Å². The molecule has 2 N–H and O–H groups in total. The lowest BCUT2D eigenvalue weighted by atomic mass is 10.00. The van der Waals surface area contributed by atoms with Gasteiger partial charge in [-0.2, -0.15) is 0 Å². The molecule has 2 aliphatic rings. The first kappa shape index (κ1) is 5.70. The van der Waals surface area contributed by atoms with Gasteiger partial charge in [0.15, 0.2) is 0 Å². The Kier molecular flexibility index (Phi) is 0.977. The van der Waals surface area contributed by atoms with E-state index in [1.54, 1.807) is 0 Å². The zero-order chi connectivity index (χ0) is 7.14. The number of rotatable bonds is 0. The lowest BCUT2D eigenvalue weighted by Gasteiger charge is -1.96. The number of hydrogen-bond donors (Lipinski definition) is 2. The molecule has 2 fully saturated rings. The molecule has 2 heterocycles. The van der Waals surface area contributed by atoms with Gasteiger partial charge in [0.1, 0.15) is 5.92 Å². The van der Waals surface area contributed by atoms with Gasteiger partial charge in [-0.05, 0) is 0 Å². The highest BCUT2D eigenvalue weighted by atomic mass is 16.2. The van der Waals surface area contributed by atoms with Crippen LogP contribution < -0.4 is 10.6 Å². The Morgan fingerprint density at radius 1 is 1.10 bits per heavy atom. The summed E-state index contributed by atoms with van der Waals surface area (Å²) in [6, 6.07) is 0. The normalized spacial score (nSPS) is 37.2. The van der Waals surface area contributed by atoms with Crippen molar-refractivity contribution in [2.24, 2.45) is 11.8 Å². The van der Waals surface area contributed by atoms with Gasteiger partial charge < -0.3 is 10.6 Å². The van der Waals surface area contributed by atoms with Crippen LogP contribution in [-0.2, 0) is 9.59 Å². The SMILES string of the molecule is O=C1NCC2CNC(=O)C12. The molecule has 2 saturated heterocycles. The second-order valence-corrected chi connectivity index (χ2v) is 2.73. The van der Waals surface area contributed by atoms with Crippen molar-refractivity contribution in [2.75, 3.05) is 13.1 Å². The van der Waals surface area contributed by atoms with Gasteiger partial charge in [0.05, 0.1) is 0 Å². The maximum absolute atomic E-state index is 10.9. The van der Waals surface area contributed by atoms with Crippen LogP contribution in [0.5, 0.6) is 0 Å². The van der Waals surface area contributed by atoms with Crippen molar-refractivity contribution in [3.05, 3.63) is 0 Å². The number of carbonyl (C=O) groups excluding carboxylic acids is 2. The second kappa shape index (κ2) is 1.71. The van der Waals surface area contributed by atoms with Crippen LogP contribution in [0.25, 0.3) is 0 Å². The highest BCUT2D eigenvalue weighted by Crippen LogP contribution is 2.21. The second-order valence-electron chi connectivity index (χ2n) is 2.73. The third-order valence-electron chi connectivity index (χ3n) is 2.11. The number of fused-ring (bicyclic) bond motifs is 1. The van der Waals surface area contributed by atoms with Crippen molar-refractivity contribution < 1.29 is 9.59 Å². The van der Waals surface area contributed by atoms with Crippen LogP contribution in [-0.4, -0.2) is 24.9 Å². The first-order valence-corrected chi connectivity index (χ1v) is 3.34. The number of hydrogen-bond acceptors (Lipinski definition) is 2. The quantitative estimate of drug-likeness (QED) is 0.401. The lowest BCUT2D eigenvalue weighted by Crippen LogP contribution is -2.29. The van der Waals surface area contributed by atoms with Gasteiger partial charge in [0.2, 0.25) is 11.8 Å². The van der Waals surface area contributed by atoms with E-state index in [2.05, 4.69) is 10.6 Å². The minimum atomic E-state index is -0.389. The number of carbonyl (C=O) groups is 2. The summed E-state index contributed by atoms with van der Waals surface area (Å²) in [6.07, 6.45) is 0. The maximum Gasteiger partial charge on any atom is 0.233 e. The molecule has 10 heavy (non-hydrogen) atoms. The number of amides is 2. The first-order valence-electron chi connectivity index (χ1n) is 3.34. The molecule has 4 heteroatoms. The van der Waals surface area contributed by atoms with E-state index < -0.39 is 0 Å². The Hall–Kier alpha value is -1.06. The zero-order valence-corrected chi connectivity index (χ0v) is 5.39. The van der Waals surface area contributed by atoms with Gasteiger partial charge in [0.25, 0.3) is 0 Å². The fraction of sp³-hybridized carbons (Fsp3) is 0.667. The Morgan fingerprint density at radius 3 is 2.00 bits per heavy atom. The minimum Gasteiger partial charge on any atom is -0.355 e. The summed E-state index contributed by atoms with van der Waals surface area (Å²) in [5, 5.41) is 5.30. The Bertz CT molecular complexity index is 182. The van der Waals surface area contributed by atoms with Crippen LogP contribution in [0.2, 0.25) is 0 Å². The monoisotopic (exact) mass is 140 g/mol. The van der Waals surface area contributed by atoms with E-state index in [-0.39, 0.29) is 23.7 Å². The Balaban J connectivity index is 2.26. The van der Waals surface area contributed by atoms with E-state index in [9.17, 15) is 9.59 Å². The summed E-state index contributed by atoms with van der Waals surface area (Å²) in [5.41, 5.74) is 0. The molecule has 2 rings (SSSR count). The maximum atomic E-state index is 10.9. The average molecular weight is 140 g/mol. The predicted molar refractivity (Wildman–Crippen MR) is 33.0 cm³/mol. The van der Waals surface area contributed by atoms with E-state index in [0.29, 0.717) is 13.1 Å². The van der Waals surface area contributed by atoms with Gasteiger partial charge in [-0.15, -0.1) is 0 Å². The third-order valence-corrected chi connectivity index (χ3v) is 2.11. The van der Waals surface area contributed by atoms with Gasteiger partial charge >= 0.3 is 0 Å². The summed E-state index contributed by atoms with van der Waals surface area (Å²) < 4.78 is 0. The summed E-state index contributed by atoms with van der Waals surface area (Å²) in [7, 11) is 0. The predicted octanol–water partition coefficient (Wildman–Crippen LogP) is -1.52. The molecule has 0 saturated carbocycles. The topological polar surface area (TPSA) is 58.2 Å². The fourth-order valence-corrected chi connectivity index (χ4v) is 1.54.